The summed E-state index contributed by atoms with van der Waals surface area (Å²) in [4.78, 5) is 31.3. The van der Waals surface area contributed by atoms with E-state index in [0.717, 1.165) is 40.1 Å². The molecule has 140 valence electrons. The molecule has 1 saturated heterocycles. The minimum absolute atomic E-state index is 0.237. The Morgan fingerprint density at radius 3 is 2.50 bits per heavy atom. The van der Waals surface area contributed by atoms with Crippen molar-refractivity contribution in [1.82, 2.24) is 14.5 Å². The second-order valence-electron chi connectivity index (χ2n) is 6.60. The van der Waals surface area contributed by atoms with E-state index in [9.17, 15) is 9.59 Å². The summed E-state index contributed by atoms with van der Waals surface area (Å²) in [7, 11) is 0. The summed E-state index contributed by atoms with van der Waals surface area (Å²) in [6.45, 7) is 4.28. The highest BCUT2D eigenvalue weighted by atomic mass is 32.2. The molecule has 5 nitrogen and oxygen atoms in total. The Morgan fingerprint density at radius 1 is 1.04 bits per heavy atom. The van der Waals surface area contributed by atoms with Crippen LogP contribution in [0.1, 0.15) is 22.5 Å². The SMILES string of the molecule is Cc1cc(/C=C2\SC(=O)N(Cc3ccccc3)C2=O)c(C)n1-c1ccccn1. The highest BCUT2D eigenvalue weighted by Crippen LogP contribution is 2.34. The van der Waals surface area contributed by atoms with E-state index in [2.05, 4.69) is 4.98 Å². The van der Waals surface area contributed by atoms with Gasteiger partial charge in [-0.25, -0.2) is 4.98 Å². The van der Waals surface area contributed by atoms with Gasteiger partial charge < -0.3 is 4.57 Å². The van der Waals surface area contributed by atoms with Crippen molar-refractivity contribution in [1.29, 1.82) is 0 Å². The lowest BCUT2D eigenvalue weighted by molar-refractivity contribution is -0.123. The van der Waals surface area contributed by atoms with Gasteiger partial charge in [0, 0.05) is 17.6 Å². The largest absolute Gasteiger partial charge is 0.303 e. The zero-order chi connectivity index (χ0) is 19.7. The molecule has 0 radical (unpaired) electrons. The monoisotopic (exact) mass is 389 g/mol. The fourth-order valence-electron chi connectivity index (χ4n) is 3.32. The van der Waals surface area contributed by atoms with Gasteiger partial charge in [-0.2, -0.15) is 0 Å². The van der Waals surface area contributed by atoms with Gasteiger partial charge >= 0.3 is 0 Å². The third-order valence-corrected chi connectivity index (χ3v) is 5.60. The molecule has 0 aliphatic carbocycles. The van der Waals surface area contributed by atoms with Crippen molar-refractivity contribution in [3.8, 4) is 5.82 Å². The van der Waals surface area contributed by atoms with Crippen molar-refractivity contribution in [2.24, 2.45) is 0 Å². The highest BCUT2D eigenvalue weighted by Gasteiger charge is 2.35. The number of benzene rings is 1. The minimum Gasteiger partial charge on any atom is -0.303 e. The number of carbonyl (C=O) groups is 2. The number of aromatic nitrogens is 2. The first kappa shape index (κ1) is 18.3. The van der Waals surface area contributed by atoms with Gasteiger partial charge in [-0.15, -0.1) is 0 Å². The summed E-state index contributed by atoms with van der Waals surface area (Å²) < 4.78 is 2.04. The average Bonchev–Trinajstić information content (AvgIpc) is 3.13. The maximum Gasteiger partial charge on any atom is 0.293 e. The normalized spacial score (nSPS) is 15.6. The van der Waals surface area contributed by atoms with Crippen LogP contribution in [0.4, 0.5) is 4.79 Å². The molecule has 0 atom stereocenters. The predicted molar refractivity (Wildman–Crippen MR) is 111 cm³/mol. The number of hydrogen-bond donors (Lipinski definition) is 0. The van der Waals surface area contributed by atoms with E-state index >= 15 is 0 Å². The van der Waals surface area contributed by atoms with Crippen molar-refractivity contribution >= 4 is 29.0 Å². The van der Waals surface area contributed by atoms with E-state index in [1.807, 2.05) is 73.0 Å². The van der Waals surface area contributed by atoms with Crippen LogP contribution >= 0.6 is 11.8 Å². The Hall–Kier alpha value is -3.12. The number of hydrogen-bond acceptors (Lipinski definition) is 4. The topological polar surface area (TPSA) is 55.2 Å². The molecule has 1 aliphatic heterocycles. The van der Waals surface area contributed by atoms with Crippen molar-refractivity contribution < 1.29 is 9.59 Å². The molecule has 28 heavy (non-hydrogen) atoms. The Labute approximate surface area is 167 Å². The Balaban J connectivity index is 1.63. The number of aryl methyl sites for hydroxylation is 1. The van der Waals surface area contributed by atoms with Gasteiger partial charge in [0.1, 0.15) is 5.82 Å². The van der Waals surface area contributed by atoms with Crippen LogP contribution in [0.25, 0.3) is 11.9 Å². The molecular formula is C22H19N3O2S. The van der Waals surface area contributed by atoms with E-state index < -0.39 is 0 Å². The smallest absolute Gasteiger partial charge is 0.293 e. The zero-order valence-corrected chi connectivity index (χ0v) is 16.4. The van der Waals surface area contributed by atoms with Crippen molar-refractivity contribution in [2.75, 3.05) is 0 Å². The van der Waals surface area contributed by atoms with Gasteiger partial charge in [0.25, 0.3) is 11.1 Å². The minimum atomic E-state index is -0.249. The Morgan fingerprint density at radius 2 is 1.79 bits per heavy atom. The Kier molecular flexibility index (Phi) is 4.88. The number of thioether (sulfide) groups is 1. The molecular weight excluding hydrogens is 370 g/mol. The quantitative estimate of drug-likeness (QED) is 0.606. The molecule has 2 aromatic heterocycles. The maximum absolute atomic E-state index is 12.8. The van der Waals surface area contributed by atoms with Crippen LogP contribution in [0, 0.1) is 13.8 Å². The van der Waals surface area contributed by atoms with E-state index in [0.29, 0.717) is 4.91 Å². The van der Waals surface area contributed by atoms with Crippen LogP contribution in [0.2, 0.25) is 0 Å². The summed E-state index contributed by atoms with van der Waals surface area (Å²) >= 11 is 0.989. The lowest BCUT2D eigenvalue weighted by Gasteiger charge is -2.12. The molecule has 1 fully saturated rings. The van der Waals surface area contributed by atoms with Crippen LogP contribution in [0.15, 0.2) is 65.7 Å². The third kappa shape index (κ3) is 3.39. The molecule has 0 N–H and O–H groups in total. The van der Waals surface area contributed by atoms with Crippen LogP contribution < -0.4 is 0 Å². The van der Waals surface area contributed by atoms with Gasteiger partial charge in [0.2, 0.25) is 0 Å². The van der Waals surface area contributed by atoms with Gasteiger partial charge in [-0.3, -0.25) is 14.5 Å². The highest BCUT2D eigenvalue weighted by molar-refractivity contribution is 8.18. The second-order valence-corrected chi connectivity index (χ2v) is 7.60. The molecule has 3 heterocycles. The molecule has 0 unspecified atom stereocenters. The predicted octanol–water partition coefficient (Wildman–Crippen LogP) is 4.73. The number of imide groups is 1. The number of amides is 2. The van der Waals surface area contributed by atoms with Crippen molar-refractivity contribution in [3.63, 3.8) is 0 Å². The number of carbonyl (C=O) groups excluding carboxylic acids is 2. The summed E-state index contributed by atoms with van der Waals surface area (Å²) in [5.74, 6) is 0.579. The summed E-state index contributed by atoms with van der Waals surface area (Å²) in [5, 5.41) is -0.237. The van der Waals surface area contributed by atoms with Gasteiger partial charge in [0.05, 0.1) is 11.4 Å². The van der Waals surface area contributed by atoms with Gasteiger partial charge in [0.15, 0.2) is 0 Å². The average molecular weight is 389 g/mol. The number of nitrogens with zero attached hydrogens (tertiary/aromatic N) is 3. The first-order chi connectivity index (χ1) is 13.5. The zero-order valence-electron chi connectivity index (χ0n) is 15.6. The molecule has 0 spiro atoms. The molecule has 4 rings (SSSR count). The summed E-state index contributed by atoms with van der Waals surface area (Å²) in [6, 6.07) is 17.3. The molecule has 2 amide bonds. The van der Waals surface area contributed by atoms with Crippen LogP contribution in [-0.2, 0) is 11.3 Å². The Bertz CT molecular complexity index is 1070. The fraction of sp³-hybridized carbons (Fsp3) is 0.136. The molecule has 0 saturated carbocycles. The molecule has 3 aromatic rings. The van der Waals surface area contributed by atoms with Gasteiger partial charge in [-0.1, -0.05) is 36.4 Å². The third-order valence-electron chi connectivity index (χ3n) is 4.69. The van der Waals surface area contributed by atoms with Gasteiger partial charge in [-0.05, 0) is 61.0 Å². The van der Waals surface area contributed by atoms with Crippen LogP contribution in [0.5, 0.6) is 0 Å². The lowest BCUT2D eigenvalue weighted by atomic mass is 10.2. The number of rotatable bonds is 4. The van der Waals surface area contributed by atoms with Crippen LogP contribution in [0.3, 0.4) is 0 Å². The standard InChI is InChI=1S/C22H19N3O2S/c1-15-12-18(16(2)25(15)20-10-6-7-11-23-20)13-19-21(26)24(22(27)28-19)14-17-8-4-3-5-9-17/h3-13H,14H2,1-2H3/b19-13-. The molecule has 1 aliphatic rings. The van der Waals surface area contributed by atoms with Crippen molar-refractivity contribution in [2.45, 2.75) is 20.4 Å². The molecule has 1 aromatic carbocycles. The van der Waals surface area contributed by atoms with E-state index in [4.69, 9.17) is 0 Å². The molecule has 6 heteroatoms. The van der Waals surface area contributed by atoms with E-state index in [1.54, 1.807) is 12.3 Å². The maximum atomic E-state index is 12.8. The van der Waals surface area contributed by atoms with E-state index in [-0.39, 0.29) is 17.7 Å². The first-order valence-electron chi connectivity index (χ1n) is 8.94. The molecule has 0 bridgehead atoms. The summed E-state index contributed by atoms with van der Waals surface area (Å²) in [6.07, 6.45) is 3.56. The second kappa shape index (κ2) is 7.48. The lowest BCUT2D eigenvalue weighted by Crippen LogP contribution is -2.27. The number of pyridine rings is 1. The fourth-order valence-corrected chi connectivity index (χ4v) is 4.15. The first-order valence-corrected chi connectivity index (χ1v) is 9.76. The van der Waals surface area contributed by atoms with E-state index in [1.165, 1.54) is 4.90 Å². The summed E-state index contributed by atoms with van der Waals surface area (Å²) in [5.41, 5.74) is 3.84. The van der Waals surface area contributed by atoms with Crippen LogP contribution in [-0.4, -0.2) is 25.6 Å². The van der Waals surface area contributed by atoms with Crippen molar-refractivity contribution in [3.05, 3.63) is 88.2 Å².